The fourth-order valence-electron chi connectivity index (χ4n) is 0.891. The third kappa shape index (κ3) is 3.38. The number of aliphatic hydroxyl groups excluding tert-OH is 1. The van der Waals surface area contributed by atoms with Crippen molar-refractivity contribution in [2.45, 2.75) is 19.9 Å². The number of halogens is 1. The lowest BCUT2D eigenvalue weighted by atomic mass is 10.1. The Kier molecular flexibility index (Phi) is 4.53. The van der Waals surface area contributed by atoms with Gasteiger partial charge in [0.05, 0.1) is 0 Å². The lowest BCUT2D eigenvalue weighted by Crippen LogP contribution is -2.27. The molecule has 1 rings (SSSR count). The molecule has 4 nitrogen and oxygen atoms in total. The van der Waals surface area contributed by atoms with Crippen LogP contribution in [0.3, 0.4) is 0 Å². The summed E-state index contributed by atoms with van der Waals surface area (Å²) in [7, 11) is 0. The molecule has 0 radical (unpaired) electrons. The molecule has 0 saturated heterocycles. The maximum absolute atomic E-state index is 8.95. The Morgan fingerprint density at radius 3 is 2.50 bits per heavy atom. The Bertz CT molecular complexity index is 278. The third-order valence-electron chi connectivity index (χ3n) is 2.12. The molecule has 0 bridgehead atoms. The standard InChI is InChI=1S/C9H14IN3O/c1-6(5-14)7(2)13-9-11-3-8(10)4-12-9/h3-4,6-7,14H,5H2,1-2H3,(H,11,12,13). The van der Waals surface area contributed by atoms with Crippen molar-refractivity contribution in [3.63, 3.8) is 0 Å². The minimum absolute atomic E-state index is 0.165. The van der Waals surface area contributed by atoms with Gasteiger partial charge in [-0.25, -0.2) is 9.97 Å². The van der Waals surface area contributed by atoms with Crippen LogP contribution in [0.15, 0.2) is 12.4 Å². The van der Waals surface area contributed by atoms with Crippen LogP contribution < -0.4 is 5.32 Å². The first kappa shape index (κ1) is 11.6. The zero-order valence-electron chi connectivity index (χ0n) is 8.24. The average Bonchev–Trinajstić information content (AvgIpc) is 2.20. The number of aromatic nitrogens is 2. The highest BCUT2D eigenvalue weighted by Crippen LogP contribution is 2.08. The minimum atomic E-state index is 0.165. The molecule has 0 fully saturated rings. The van der Waals surface area contributed by atoms with E-state index in [9.17, 15) is 0 Å². The number of hydrogen-bond donors (Lipinski definition) is 2. The van der Waals surface area contributed by atoms with Crippen molar-refractivity contribution in [2.24, 2.45) is 5.92 Å². The van der Waals surface area contributed by atoms with Gasteiger partial charge >= 0.3 is 0 Å². The van der Waals surface area contributed by atoms with Gasteiger partial charge in [-0.15, -0.1) is 0 Å². The number of aliphatic hydroxyl groups is 1. The fourth-order valence-corrected chi connectivity index (χ4v) is 1.17. The molecule has 0 aliphatic rings. The van der Waals surface area contributed by atoms with Gasteiger partial charge in [-0.1, -0.05) is 6.92 Å². The lowest BCUT2D eigenvalue weighted by Gasteiger charge is -2.18. The van der Waals surface area contributed by atoms with E-state index in [1.165, 1.54) is 0 Å². The van der Waals surface area contributed by atoms with E-state index in [4.69, 9.17) is 5.11 Å². The summed E-state index contributed by atoms with van der Waals surface area (Å²) in [6.07, 6.45) is 3.51. The van der Waals surface area contributed by atoms with Gasteiger partial charge < -0.3 is 10.4 Å². The van der Waals surface area contributed by atoms with Crippen LogP contribution in [0.1, 0.15) is 13.8 Å². The maximum atomic E-state index is 8.95. The van der Waals surface area contributed by atoms with Crippen LogP contribution in [0.4, 0.5) is 5.95 Å². The molecule has 2 unspecified atom stereocenters. The van der Waals surface area contributed by atoms with E-state index in [1.807, 2.05) is 13.8 Å². The Hall–Kier alpha value is -0.430. The molecule has 1 aromatic heterocycles. The van der Waals surface area contributed by atoms with Gasteiger partial charge in [0, 0.05) is 28.6 Å². The molecule has 2 N–H and O–H groups in total. The largest absolute Gasteiger partial charge is 0.396 e. The van der Waals surface area contributed by atoms with E-state index in [-0.39, 0.29) is 18.6 Å². The van der Waals surface area contributed by atoms with Crippen LogP contribution in [0, 0.1) is 9.49 Å². The first-order chi connectivity index (χ1) is 6.63. The summed E-state index contributed by atoms with van der Waals surface area (Å²) >= 11 is 2.16. The first-order valence-corrected chi connectivity index (χ1v) is 5.56. The third-order valence-corrected chi connectivity index (χ3v) is 2.68. The molecule has 0 aromatic carbocycles. The van der Waals surface area contributed by atoms with E-state index in [0.717, 1.165) is 3.57 Å². The van der Waals surface area contributed by atoms with Crippen molar-refractivity contribution in [3.8, 4) is 0 Å². The first-order valence-electron chi connectivity index (χ1n) is 4.48. The normalized spacial score (nSPS) is 14.9. The molecular weight excluding hydrogens is 293 g/mol. The Morgan fingerprint density at radius 1 is 1.43 bits per heavy atom. The van der Waals surface area contributed by atoms with Crippen LogP contribution in [0.25, 0.3) is 0 Å². The molecule has 78 valence electrons. The average molecular weight is 307 g/mol. The molecule has 0 spiro atoms. The predicted octanol–water partition coefficient (Wildman–Crippen LogP) is 1.51. The van der Waals surface area contributed by atoms with Crippen molar-refractivity contribution < 1.29 is 5.11 Å². The molecule has 1 heterocycles. The number of nitrogens with one attached hydrogen (secondary N) is 1. The summed E-state index contributed by atoms with van der Waals surface area (Å²) in [5.74, 6) is 0.802. The zero-order valence-corrected chi connectivity index (χ0v) is 10.4. The molecule has 1 aromatic rings. The van der Waals surface area contributed by atoms with Crippen LogP contribution >= 0.6 is 22.6 Å². The van der Waals surface area contributed by atoms with Gasteiger partial charge in [0.15, 0.2) is 0 Å². The smallest absolute Gasteiger partial charge is 0.222 e. The second-order valence-electron chi connectivity index (χ2n) is 3.32. The molecule has 0 saturated carbocycles. The van der Waals surface area contributed by atoms with Crippen LogP contribution in [-0.2, 0) is 0 Å². The second-order valence-corrected chi connectivity index (χ2v) is 4.56. The van der Waals surface area contributed by atoms with Gasteiger partial charge in [0.25, 0.3) is 0 Å². The highest BCUT2D eigenvalue weighted by atomic mass is 127. The van der Waals surface area contributed by atoms with Crippen LogP contribution in [-0.4, -0.2) is 27.7 Å². The summed E-state index contributed by atoms with van der Waals surface area (Å²) < 4.78 is 1.01. The van der Waals surface area contributed by atoms with Crippen molar-refractivity contribution in [3.05, 3.63) is 16.0 Å². The van der Waals surface area contributed by atoms with Crippen molar-refractivity contribution in [1.82, 2.24) is 9.97 Å². The Morgan fingerprint density at radius 2 is 2.00 bits per heavy atom. The summed E-state index contributed by atoms with van der Waals surface area (Å²) in [6, 6.07) is 0.167. The Labute approximate surface area is 97.3 Å². The molecule has 14 heavy (non-hydrogen) atoms. The van der Waals surface area contributed by atoms with E-state index < -0.39 is 0 Å². The quantitative estimate of drug-likeness (QED) is 0.828. The van der Waals surface area contributed by atoms with E-state index in [0.29, 0.717) is 5.95 Å². The fraction of sp³-hybridized carbons (Fsp3) is 0.556. The molecule has 0 aliphatic carbocycles. The number of anilines is 1. The summed E-state index contributed by atoms with van der Waals surface area (Å²) in [5.41, 5.74) is 0. The van der Waals surface area contributed by atoms with Gasteiger partial charge in [0.1, 0.15) is 0 Å². The van der Waals surface area contributed by atoms with Crippen molar-refractivity contribution >= 4 is 28.5 Å². The van der Waals surface area contributed by atoms with Crippen molar-refractivity contribution in [1.29, 1.82) is 0 Å². The number of rotatable bonds is 4. The SMILES string of the molecule is CC(CO)C(C)Nc1ncc(I)cn1. The maximum Gasteiger partial charge on any atom is 0.222 e. The molecule has 0 aliphatic heterocycles. The molecular formula is C9H14IN3O. The van der Waals surface area contributed by atoms with Crippen LogP contribution in [0.5, 0.6) is 0 Å². The molecule has 2 atom stereocenters. The monoisotopic (exact) mass is 307 g/mol. The highest BCUT2D eigenvalue weighted by molar-refractivity contribution is 14.1. The molecule has 0 amide bonds. The summed E-state index contributed by atoms with van der Waals surface area (Å²) in [5, 5.41) is 12.1. The topological polar surface area (TPSA) is 58.0 Å². The predicted molar refractivity (Wildman–Crippen MR) is 64.1 cm³/mol. The van der Waals surface area contributed by atoms with Gasteiger partial charge in [-0.2, -0.15) is 0 Å². The van der Waals surface area contributed by atoms with E-state index in [1.54, 1.807) is 12.4 Å². The van der Waals surface area contributed by atoms with E-state index in [2.05, 4.69) is 37.9 Å². The second kappa shape index (κ2) is 5.45. The van der Waals surface area contributed by atoms with Crippen molar-refractivity contribution in [2.75, 3.05) is 11.9 Å². The minimum Gasteiger partial charge on any atom is -0.396 e. The number of hydrogen-bond acceptors (Lipinski definition) is 4. The van der Waals surface area contributed by atoms with Gasteiger partial charge in [0.2, 0.25) is 5.95 Å². The highest BCUT2D eigenvalue weighted by Gasteiger charge is 2.11. The Balaban J connectivity index is 2.56. The van der Waals surface area contributed by atoms with Gasteiger partial charge in [-0.3, -0.25) is 0 Å². The zero-order chi connectivity index (χ0) is 10.6. The van der Waals surface area contributed by atoms with E-state index >= 15 is 0 Å². The number of nitrogens with zero attached hydrogens (tertiary/aromatic N) is 2. The molecule has 5 heteroatoms. The summed E-state index contributed by atoms with van der Waals surface area (Å²) in [4.78, 5) is 8.25. The summed E-state index contributed by atoms with van der Waals surface area (Å²) in [6.45, 7) is 4.14. The van der Waals surface area contributed by atoms with Crippen LogP contribution in [0.2, 0.25) is 0 Å². The van der Waals surface area contributed by atoms with Gasteiger partial charge in [-0.05, 0) is 35.4 Å². The lowest BCUT2D eigenvalue weighted by molar-refractivity contribution is 0.226.